The van der Waals surface area contributed by atoms with Gasteiger partial charge in [0.25, 0.3) is 0 Å². The molecule has 0 rings (SSSR count). The summed E-state index contributed by atoms with van der Waals surface area (Å²) in [4.78, 5) is 24.3. The van der Waals surface area contributed by atoms with Crippen LogP contribution in [0.1, 0.15) is 206 Å². The third-order valence-corrected chi connectivity index (χ3v) is 9.29. The molecular formula is C44H80O6. The first kappa shape index (κ1) is 48.1. The number of rotatable bonds is 38. The summed E-state index contributed by atoms with van der Waals surface area (Å²) in [5.74, 6) is -0.781. The van der Waals surface area contributed by atoms with Crippen LogP contribution in [-0.2, 0) is 19.1 Å². The van der Waals surface area contributed by atoms with Crippen LogP contribution in [0.4, 0.5) is 0 Å². The Balaban J connectivity index is 3.68. The molecule has 292 valence electrons. The molecule has 0 saturated heterocycles. The largest absolute Gasteiger partial charge is 0.462 e. The second kappa shape index (κ2) is 39.9. The van der Waals surface area contributed by atoms with E-state index in [2.05, 4.69) is 32.1 Å². The molecule has 0 aromatic rings. The van der Waals surface area contributed by atoms with Crippen LogP contribution in [0.3, 0.4) is 0 Å². The van der Waals surface area contributed by atoms with Crippen molar-refractivity contribution in [3.63, 3.8) is 0 Å². The summed E-state index contributed by atoms with van der Waals surface area (Å²) in [5.41, 5.74) is 0. The lowest BCUT2D eigenvalue weighted by Gasteiger charge is -2.16. The van der Waals surface area contributed by atoms with Crippen molar-refractivity contribution in [1.29, 1.82) is 0 Å². The maximum absolute atomic E-state index is 12.2. The van der Waals surface area contributed by atoms with E-state index in [9.17, 15) is 19.8 Å². The number of esters is 2. The molecule has 0 aliphatic rings. The minimum atomic E-state index is -0.840. The van der Waals surface area contributed by atoms with E-state index in [1.807, 2.05) is 12.2 Å². The maximum Gasteiger partial charge on any atom is 0.306 e. The molecule has 0 radical (unpaired) electrons. The van der Waals surface area contributed by atoms with E-state index in [0.717, 1.165) is 32.1 Å². The summed E-state index contributed by atoms with van der Waals surface area (Å²) in [6, 6.07) is 0. The van der Waals surface area contributed by atoms with Crippen molar-refractivity contribution in [1.82, 2.24) is 0 Å². The van der Waals surface area contributed by atoms with Crippen LogP contribution in [0.15, 0.2) is 36.5 Å². The van der Waals surface area contributed by atoms with E-state index in [1.165, 1.54) is 135 Å². The van der Waals surface area contributed by atoms with Gasteiger partial charge in [0.15, 0.2) is 6.10 Å². The average molecular weight is 705 g/mol. The first-order valence-corrected chi connectivity index (χ1v) is 21.2. The molecule has 0 aromatic heterocycles. The minimum absolute atomic E-state index is 0.152. The van der Waals surface area contributed by atoms with Crippen molar-refractivity contribution in [2.24, 2.45) is 0 Å². The van der Waals surface area contributed by atoms with Crippen LogP contribution in [0.5, 0.6) is 0 Å². The Hall–Kier alpha value is -1.92. The molecule has 0 heterocycles. The van der Waals surface area contributed by atoms with Crippen molar-refractivity contribution in [2.75, 3.05) is 13.2 Å². The smallest absolute Gasteiger partial charge is 0.306 e. The normalized spacial score (nSPS) is 13.1. The van der Waals surface area contributed by atoms with Crippen molar-refractivity contribution in [2.45, 2.75) is 219 Å². The fourth-order valence-electron chi connectivity index (χ4n) is 6.03. The molecule has 0 aromatic carbocycles. The van der Waals surface area contributed by atoms with Gasteiger partial charge in [0.1, 0.15) is 6.61 Å². The van der Waals surface area contributed by atoms with Gasteiger partial charge in [0, 0.05) is 12.8 Å². The number of ether oxygens (including phenoxy) is 2. The van der Waals surface area contributed by atoms with E-state index in [-0.39, 0.29) is 25.6 Å². The number of unbranched alkanes of at least 4 members (excludes halogenated alkanes) is 23. The molecule has 6 nitrogen and oxygen atoms in total. The predicted octanol–water partition coefficient (Wildman–Crippen LogP) is 12.2. The van der Waals surface area contributed by atoms with E-state index in [0.29, 0.717) is 19.3 Å². The molecule has 0 bridgehead atoms. The van der Waals surface area contributed by atoms with Crippen molar-refractivity contribution in [3.05, 3.63) is 36.5 Å². The third kappa shape index (κ3) is 37.3. The molecule has 2 N–H and O–H groups in total. The highest BCUT2D eigenvalue weighted by atomic mass is 16.6. The van der Waals surface area contributed by atoms with Crippen LogP contribution in [0.25, 0.3) is 0 Å². The highest BCUT2D eigenvalue weighted by Crippen LogP contribution is 2.15. The van der Waals surface area contributed by atoms with Crippen LogP contribution in [-0.4, -0.2) is 47.6 Å². The van der Waals surface area contributed by atoms with Gasteiger partial charge >= 0.3 is 11.9 Å². The van der Waals surface area contributed by atoms with Gasteiger partial charge in [0.05, 0.1) is 12.7 Å². The number of allylic oxidation sites excluding steroid dienone is 5. The number of carbonyl (C=O) groups is 2. The summed E-state index contributed by atoms with van der Waals surface area (Å²) < 4.78 is 10.5. The highest BCUT2D eigenvalue weighted by molar-refractivity contribution is 5.70. The molecule has 0 spiro atoms. The predicted molar refractivity (Wildman–Crippen MR) is 211 cm³/mol. The Morgan fingerprint density at radius 2 is 1.04 bits per heavy atom. The van der Waals surface area contributed by atoms with Crippen LogP contribution in [0, 0.1) is 0 Å². The molecule has 2 atom stereocenters. The number of hydrogen-bond acceptors (Lipinski definition) is 6. The molecule has 6 heteroatoms. The summed E-state index contributed by atoms with van der Waals surface area (Å²) in [7, 11) is 0. The number of hydrogen-bond donors (Lipinski definition) is 2. The maximum atomic E-state index is 12.2. The summed E-state index contributed by atoms with van der Waals surface area (Å²) in [5, 5.41) is 19.7. The summed E-state index contributed by atoms with van der Waals surface area (Å²) in [6.07, 6.45) is 45.3. The van der Waals surface area contributed by atoms with Crippen LogP contribution >= 0.6 is 0 Å². The zero-order chi connectivity index (χ0) is 36.6. The van der Waals surface area contributed by atoms with Gasteiger partial charge in [-0.05, 0) is 38.5 Å². The zero-order valence-electron chi connectivity index (χ0n) is 32.8. The Labute approximate surface area is 309 Å². The summed E-state index contributed by atoms with van der Waals surface area (Å²) in [6.45, 7) is 3.98. The van der Waals surface area contributed by atoms with Gasteiger partial charge in [-0.3, -0.25) is 9.59 Å². The molecule has 0 amide bonds. The van der Waals surface area contributed by atoms with E-state index >= 15 is 0 Å². The van der Waals surface area contributed by atoms with E-state index in [4.69, 9.17) is 9.47 Å². The molecule has 50 heavy (non-hydrogen) atoms. The molecule has 1 unspecified atom stereocenters. The molecule has 0 fully saturated rings. The Kier molecular flexibility index (Phi) is 38.3. The fraction of sp³-hybridized carbons (Fsp3) is 0.818. The number of aliphatic hydroxyl groups excluding tert-OH is 2. The first-order valence-electron chi connectivity index (χ1n) is 21.2. The average Bonchev–Trinajstić information content (AvgIpc) is 3.11. The second-order valence-electron chi connectivity index (χ2n) is 14.3. The van der Waals surface area contributed by atoms with Crippen molar-refractivity contribution < 1.29 is 29.3 Å². The SMILES string of the molecule is CCCCCCCC/C=C/C/C=C/C=C/C(O)CCCC(=O)OC[C@H](CO)OC(=O)CCCCCCCCCCCCCCCCCCCC. The van der Waals surface area contributed by atoms with Gasteiger partial charge in [-0.1, -0.05) is 192 Å². The standard InChI is InChI=1S/C44H80O6/c1-3-5-7-9-11-13-15-17-18-19-20-21-23-25-27-29-31-33-37-44(48)50-42(39-45)40-49-43(47)38-34-36-41(46)35-32-30-28-26-24-22-16-14-12-10-8-6-4-2/h22,24,28,30,32,35,41-42,45-46H,3-21,23,25-27,29,31,33-34,36-40H2,1-2H3/b24-22+,30-28+,35-32+/t41?,42-/m0/s1. The molecule has 0 saturated carbocycles. The zero-order valence-corrected chi connectivity index (χ0v) is 32.8. The lowest BCUT2D eigenvalue weighted by molar-refractivity contribution is -0.161. The van der Waals surface area contributed by atoms with Crippen molar-refractivity contribution in [3.8, 4) is 0 Å². The van der Waals surface area contributed by atoms with Crippen LogP contribution in [0.2, 0.25) is 0 Å². The van der Waals surface area contributed by atoms with Gasteiger partial charge < -0.3 is 19.7 Å². The number of carbonyl (C=O) groups excluding carboxylic acids is 2. The van der Waals surface area contributed by atoms with E-state index < -0.39 is 18.2 Å². The summed E-state index contributed by atoms with van der Waals surface area (Å²) >= 11 is 0. The fourth-order valence-corrected chi connectivity index (χ4v) is 6.03. The minimum Gasteiger partial charge on any atom is -0.462 e. The van der Waals surface area contributed by atoms with Gasteiger partial charge in [-0.2, -0.15) is 0 Å². The van der Waals surface area contributed by atoms with Gasteiger partial charge in [-0.15, -0.1) is 0 Å². The first-order chi connectivity index (χ1) is 24.5. The van der Waals surface area contributed by atoms with E-state index in [1.54, 1.807) is 6.08 Å². The Bertz CT molecular complexity index is 819. The molecular weight excluding hydrogens is 624 g/mol. The topological polar surface area (TPSA) is 93.1 Å². The Morgan fingerprint density at radius 1 is 0.560 bits per heavy atom. The number of aliphatic hydroxyl groups is 2. The molecule has 0 aliphatic heterocycles. The Morgan fingerprint density at radius 3 is 1.56 bits per heavy atom. The van der Waals surface area contributed by atoms with Crippen LogP contribution < -0.4 is 0 Å². The monoisotopic (exact) mass is 705 g/mol. The van der Waals surface area contributed by atoms with Crippen molar-refractivity contribution >= 4 is 11.9 Å². The second-order valence-corrected chi connectivity index (χ2v) is 14.3. The third-order valence-electron chi connectivity index (χ3n) is 9.29. The lowest BCUT2D eigenvalue weighted by Crippen LogP contribution is -2.28. The molecule has 0 aliphatic carbocycles. The van der Waals surface area contributed by atoms with Gasteiger partial charge in [-0.25, -0.2) is 0 Å². The lowest BCUT2D eigenvalue weighted by atomic mass is 10.0. The van der Waals surface area contributed by atoms with Gasteiger partial charge in [0.2, 0.25) is 0 Å². The highest BCUT2D eigenvalue weighted by Gasteiger charge is 2.16. The quantitative estimate of drug-likeness (QED) is 0.0288.